The molecule has 5 heteroatoms. The quantitative estimate of drug-likeness (QED) is 0.592. The van der Waals surface area contributed by atoms with Crippen molar-refractivity contribution in [2.24, 2.45) is 5.92 Å². The van der Waals surface area contributed by atoms with Crippen LogP contribution in [0.1, 0.15) is 39.5 Å². The highest BCUT2D eigenvalue weighted by Gasteiger charge is 2.24. The van der Waals surface area contributed by atoms with E-state index in [1.165, 1.54) is 12.3 Å². The van der Waals surface area contributed by atoms with Gasteiger partial charge in [0.2, 0.25) is 0 Å². The predicted molar refractivity (Wildman–Crippen MR) is 90.6 cm³/mol. The summed E-state index contributed by atoms with van der Waals surface area (Å²) in [5.74, 6) is -0.860. The summed E-state index contributed by atoms with van der Waals surface area (Å²) in [6.07, 6.45) is 10.9. The van der Waals surface area contributed by atoms with Crippen LogP contribution in [-0.4, -0.2) is 21.7 Å². The molecule has 0 spiro atoms. The second-order valence-electron chi connectivity index (χ2n) is 5.50. The monoisotopic (exact) mass is 327 g/mol. The molecule has 1 aliphatic carbocycles. The average Bonchev–Trinajstić information content (AvgIpc) is 2.71. The van der Waals surface area contributed by atoms with Crippen LogP contribution in [0, 0.1) is 5.92 Å². The van der Waals surface area contributed by atoms with Crippen molar-refractivity contribution in [1.82, 2.24) is 5.32 Å². The van der Waals surface area contributed by atoms with Gasteiger partial charge in [-0.05, 0) is 37.3 Å². The molecule has 0 bridgehead atoms. The van der Waals surface area contributed by atoms with Crippen molar-refractivity contribution in [2.45, 2.75) is 39.5 Å². The Morgan fingerprint density at radius 3 is 2.68 bits per heavy atom. The Kier molecular flexibility index (Phi) is 7.07. The second kappa shape index (κ2) is 8.32. The van der Waals surface area contributed by atoms with Gasteiger partial charge in [0.1, 0.15) is 5.83 Å². The number of likely N-dealkylation sites (N-methyl/N-ethyl adjacent to an activating group) is 1. The molecule has 1 unspecified atom stereocenters. The first kappa shape index (κ1) is 18.7. The van der Waals surface area contributed by atoms with E-state index in [4.69, 9.17) is 0 Å². The summed E-state index contributed by atoms with van der Waals surface area (Å²) in [6, 6.07) is 0. The van der Waals surface area contributed by atoms with Crippen LogP contribution in [0.2, 0.25) is 0 Å². The van der Waals surface area contributed by atoms with E-state index in [-0.39, 0.29) is 5.83 Å². The van der Waals surface area contributed by atoms with Crippen LogP contribution in [0.3, 0.4) is 0 Å². The molecule has 1 N–H and O–H groups in total. The van der Waals surface area contributed by atoms with E-state index < -0.39 is 15.8 Å². The number of nitrogens with one attached hydrogen (secondary N) is 1. The highest BCUT2D eigenvalue weighted by Crippen LogP contribution is 2.33. The minimum Gasteiger partial charge on any atom is -0.388 e. The van der Waals surface area contributed by atoms with Crippen molar-refractivity contribution in [2.75, 3.05) is 13.3 Å². The normalized spacial score (nSPS) is 19.1. The Labute approximate surface area is 133 Å². The molecule has 0 heterocycles. The summed E-state index contributed by atoms with van der Waals surface area (Å²) in [6.45, 7) is 3.71. The van der Waals surface area contributed by atoms with Gasteiger partial charge in [-0.2, -0.15) is 0 Å². The Bertz CT molecular complexity index is 613. The maximum absolute atomic E-state index is 14.6. The van der Waals surface area contributed by atoms with Gasteiger partial charge >= 0.3 is 0 Å². The molecular formula is C17H26FNO2S. The lowest BCUT2D eigenvalue weighted by Crippen LogP contribution is -2.11. The van der Waals surface area contributed by atoms with E-state index in [0.29, 0.717) is 35.4 Å². The Hall–Kier alpha value is -1.36. The van der Waals surface area contributed by atoms with E-state index in [1.807, 2.05) is 25.2 Å². The molecule has 3 nitrogen and oxygen atoms in total. The topological polar surface area (TPSA) is 46.2 Å². The van der Waals surface area contributed by atoms with E-state index in [1.54, 1.807) is 14.0 Å². The van der Waals surface area contributed by atoms with Crippen LogP contribution in [0.5, 0.6) is 0 Å². The van der Waals surface area contributed by atoms with E-state index in [0.717, 1.165) is 6.42 Å². The lowest BCUT2D eigenvalue weighted by atomic mass is 9.95. The first-order valence-electron chi connectivity index (χ1n) is 7.63. The molecule has 22 heavy (non-hydrogen) atoms. The summed E-state index contributed by atoms with van der Waals surface area (Å²) in [5.41, 5.74) is 1.37. The highest BCUT2D eigenvalue weighted by atomic mass is 32.2. The van der Waals surface area contributed by atoms with Gasteiger partial charge in [0.15, 0.2) is 9.84 Å². The maximum Gasteiger partial charge on any atom is 0.171 e. The minimum absolute atomic E-state index is 0.319. The number of rotatable bonds is 6. The zero-order valence-electron chi connectivity index (χ0n) is 13.8. The SMILES string of the molecule is CC/C=C(\C=C(\F)C(C)C1=C(S(C)(=O)=O)CCC=CC1)NC. The predicted octanol–water partition coefficient (Wildman–Crippen LogP) is 4.03. The minimum atomic E-state index is -3.31. The van der Waals surface area contributed by atoms with Crippen molar-refractivity contribution in [3.05, 3.63) is 46.3 Å². The van der Waals surface area contributed by atoms with Crippen LogP contribution >= 0.6 is 0 Å². The molecule has 1 aliphatic rings. The standard InChI is InChI=1S/C17H26FNO2S/c1-5-9-14(19-3)12-16(18)13(2)15-10-7-6-8-11-17(15)22(4,20)21/h6-7,9,12-13,19H,5,8,10-11H2,1-4H3/b14-9+,16-12+. The summed E-state index contributed by atoms with van der Waals surface area (Å²) in [5, 5.41) is 2.94. The summed E-state index contributed by atoms with van der Waals surface area (Å²) in [7, 11) is -1.56. The largest absolute Gasteiger partial charge is 0.388 e. The van der Waals surface area contributed by atoms with Gasteiger partial charge in [-0.3, -0.25) is 0 Å². The van der Waals surface area contributed by atoms with Crippen LogP contribution < -0.4 is 5.32 Å². The van der Waals surface area contributed by atoms with Crippen molar-refractivity contribution >= 4 is 9.84 Å². The molecule has 1 atom stereocenters. The van der Waals surface area contributed by atoms with Crippen LogP contribution in [-0.2, 0) is 9.84 Å². The number of halogens is 1. The highest BCUT2D eigenvalue weighted by molar-refractivity contribution is 7.94. The molecule has 124 valence electrons. The maximum atomic E-state index is 14.6. The first-order valence-corrected chi connectivity index (χ1v) is 9.52. The molecule has 0 saturated carbocycles. The first-order chi connectivity index (χ1) is 10.3. The van der Waals surface area contributed by atoms with Crippen LogP contribution in [0.4, 0.5) is 4.39 Å². The number of hydrogen-bond acceptors (Lipinski definition) is 3. The number of hydrogen-bond donors (Lipinski definition) is 1. The van der Waals surface area contributed by atoms with Crippen molar-refractivity contribution < 1.29 is 12.8 Å². The van der Waals surface area contributed by atoms with Gasteiger partial charge in [-0.1, -0.05) is 32.1 Å². The molecule has 0 fully saturated rings. The van der Waals surface area contributed by atoms with Crippen molar-refractivity contribution in [1.29, 1.82) is 0 Å². The van der Waals surface area contributed by atoms with Crippen molar-refractivity contribution in [3.63, 3.8) is 0 Å². The molecule has 0 aromatic carbocycles. The zero-order valence-corrected chi connectivity index (χ0v) is 14.6. The van der Waals surface area contributed by atoms with Gasteiger partial charge in [-0.15, -0.1) is 0 Å². The van der Waals surface area contributed by atoms with Crippen LogP contribution in [0.15, 0.2) is 46.3 Å². The third kappa shape index (κ3) is 5.13. The zero-order chi connectivity index (χ0) is 16.8. The fraction of sp³-hybridized carbons (Fsp3) is 0.529. The molecular weight excluding hydrogens is 301 g/mol. The molecule has 1 rings (SSSR count). The van der Waals surface area contributed by atoms with Gasteiger partial charge in [0, 0.05) is 29.8 Å². The molecule has 0 aromatic heterocycles. The molecule has 0 aliphatic heterocycles. The van der Waals surface area contributed by atoms with E-state index in [9.17, 15) is 12.8 Å². The lowest BCUT2D eigenvalue weighted by molar-refractivity contribution is 0.525. The van der Waals surface area contributed by atoms with Gasteiger partial charge in [-0.25, -0.2) is 12.8 Å². The van der Waals surface area contributed by atoms with Gasteiger partial charge in [0.05, 0.1) is 0 Å². The lowest BCUT2D eigenvalue weighted by Gasteiger charge is -2.17. The Balaban J connectivity index is 3.23. The third-order valence-electron chi connectivity index (χ3n) is 3.79. The van der Waals surface area contributed by atoms with E-state index >= 15 is 0 Å². The fourth-order valence-electron chi connectivity index (χ4n) is 2.55. The molecule has 0 radical (unpaired) electrons. The Morgan fingerprint density at radius 2 is 2.14 bits per heavy atom. The van der Waals surface area contributed by atoms with Crippen LogP contribution in [0.25, 0.3) is 0 Å². The Morgan fingerprint density at radius 1 is 1.45 bits per heavy atom. The number of sulfone groups is 1. The average molecular weight is 327 g/mol. The fourth-order valence-corrected chi connectivity index (χ4v) is 3.78. The smallest absolute Gasteiger partial charge is 0.171 e. The second-order valence-corrected chi connectivity index (χ2v) is 7.54. The van der Waals surface area contributed by atoms with Crippen molar-refractivity contribution in [3.8, 4) is 0 Å². The van der Waals surface area contributed by atoms with E-state index in [2.05, 4.69) is 5.32 Å². The summed E-state index contributed by atoms with van der Waals surface area (Å²) >= 11 is 0. The van der Waals surface area contributed by atoms with Gasteiger partial charge in [0.25, 0.3) is 0 Å². The molecule has 0 aromatic rings. The summed E-state index contributed by atoms with van der Waals surface area (Å²) < 4.78 is 38.6. The van der Waals surface area contributed by atoms with Gasteiger partial charge < -0.3 is 5.32 Å². The molecule has 0 saturated heterocycles. The molecule has 0 amide bonds. The number of allylic oxidation sites excluding steroid dienone is 7. The third-order valence-corrected chi connectivity index (χ3v) is 5.15. The summed E-state index contributed by atoms with van der Waals surface area (Å²) in [4.78, 5) is 0.388.